The maximum Gasteiger partial charge on any atom is 0.211 e. The lowest BCUT2D eigenvalue weighted by molar-refractivity contribution is 0.413. The third kappa shape index (κ3) is 2.12. The number of nitrogens with zero attached hydrogens (tertiary/aromatic N) is 3. The minimum atomic E-state index is -3.09. The summed E-state index contributed by atoms with van der Waals surface area (Å²) >= 11 is 0. The highest BCUT2D eigenvalue weighted by Gasteiger charge is 2.23. The molecule has 1 aliphatic heterocycles. The van der Waals surface area contributed by atoms with Crippen molar-refractivity contribution in [2.45, 2.75) is 32.9 Å². The Labute approximate surface area is 96.1 Å². The largest absolute Gasteiger partial charge is 0.270 e. The number of sulfonamides is 1. The molecule has 0 atom stereocenters. The van der Waals surface area contributed by atoms with Gasteiger partial charge in [-0.05, 0) is 19.8 Å². The molecule has 0 saturated carbocycles. The first-order chi connectivity index (χ1) is 7.52. The summed E-state index contributed by atoms with van der Waals surface area (Å²) < 4.78 is 26.5. The van der Waals surface area contributed by atoms with E-state index in [0.717, 1.165) is 24.9 Å². The van der Waals surface area contributed by atoms with E-state index >= 15 is 0 Å². The van der Waals surface area contributed by atoms with Crippen molar-refractivity contribution < 1.29 is 8.42 Å². The molecule has 5 nitrogen and oxygen atoms in total. The zero-order valence-electron chi connectivity index (χ0n) is 9.68. The molecule has 6 heteroatoms. The van der Waals surface area contributed by atoms with E-state index in [-0.39, 0.29) is 0 Å². The molecule has 0 aromatic carbocycles. The third-order valence-electron chi connectivity index (χ3n) is 2.97. The van der Waals surface area contributed by atoms with Gasteiger partial charge in [0.25, 0.3) is 0 Å². The van der Waals surface area contributed by atoms with E-state index in [1.165, 1.54) is 16.3 Å². The molecule has 0 aliphatic carbocycles. The summed E-state index contributed by atoms with van der Waals surface area (Å²) in [6.45, 7) is 3.96. The Morgan fingerprint density at radius 2 is 2.25 bits per heavy atom. The summed E-state index contributed by atoms with van der Waals surface area (Å²) in [4.78, 5) is 0. The van der Waals surface area contributed by atoms with Crippen molar-refractivity contribution in [3.05, 3.63) is 17.5 Å². The molecule has 0 saturated heterocycles. The van der Waals surface area contributed by atoms with Crippen LogP contribution in [0.3, 0.4) is 0 Å². The van der Waals surface area contributed by atoms with Crippen LogP contribution < -0.4 is 0 Å². The van der Waals surface area contributed by atoms with Crippen LogP contribution in [0.1, 0.15) is 24.6 Å². The van der Waals surface area contributed by atoms with E-state index in [1.54, 1.807) is 6.20 Å². The summed E-state index contributed by atoms with van der Waals surface area (Å²) in [5.74, 6) is 0. The van der Waals surface area contributed by atoms with Gasteiger partial charge in [0, 0.05) is 30.9 Å². The molecule has 0 radical (unpaired) electrons. The van der Waals surface area contributed by atoms with Gasteiger partial charge in [-0.3, -0.25) is 4.68 Å². The van der Waals surface area contributed by atoms with Crippen LogP contribution in [0.2, 0.25) is 0 Å². The summed E-state index contributed by atoms with van der Waals surface area (Å²) in [5, 5.41) is 4.27. The second-order valence-electron chi connectivity index (χ2n) is 4.13. The Morgan fingerprint density at radius 3 is 2.88 bits per heavy atom. The molecule has 0 N–H and O–H groups in total. The van der Waals surface area contributed by atoms with Crippen molar-refractivity contribution in [2.75, 3.05) is 12.8 Å². The summed E-state index contributed by atoms with van der Waals surface area (Å²) in [7, 11) is -3.09. The average molecular weight is 243 g/mol. The maximum atomic E-state index is 11.5. The van der Waals surface area contributed by atoms with Crippen molar-refractivity contribution >= 4 is 10.0 Å². The molecule has 90 valence electrons. The van der Waals surface area contributed by atoms with Gasteiger partial charge in [-0.2, -0.15) is 9.40 Å². The van der Waals surface area contributed by atoms with Gasteiger partial charge < -0.3 is 0 Å². The lowest BCUT2D eigenvalue weighted by Gasteiger charge is -2.16. The van der Waals surface area contributed by atoms with Crippen molar-refractivity contribution in [1.82, 2.24) is 14.1 Å². The van der Waals surface area contributed by atoms with Crippen LogP contribution in [-0.4, -0.2) is 35.3 Å². The number of aromatic nitrogens is 2. The number of hydrogen-bond donors (Lipinski definition) is 0. The van der Waals surface area contributed by atoms with Crippen molar-refractivity contribution in [1.29, 1.82) is 0 Å². The highest BCUT2D eigenvalue weighted by molar-refractivity contribution is 7.88. The molecular weight excluding hydrogens is 226 g/mol. The van der Waals surface area contributed by atoms with E-state index in [2.05, 4.69) is 5.10 Å². The van der Waals surface area contributed by atoms with Gasteiger partial charge in [-0.25, -0.2) is 8.42 Å². The Hall–Kier alpha value is -0.880. The Balaban J connectivity index is 2.32. The fraction of sp³-hybridized carbons (Fsp3) is 0.700. The fourth-order valence-corrected chi connectivity index (χ4v) is 2.95. The zero-order chi connectivity index (χ0) is 11.8. The monoisotopic (exact) mass is 243 g/mol. The first kappa shape index (κ1) is 11.6. The second-order valence-corrected chi connectivity index (χ2v) is 6.11. The van der Waals surface area contributed by atoms with Gasteiger partial charge in [0.2, 0.25) is 10.0 Å². The number of rotatable bonds is 2. The van der Waals surface area contributed by atoms with Gasteiger partial charge in [0.1, 0.15) is 0 Å². The lowest BCUT2D eigenvalue weighted by atomic mass is 10.2. The molecule has 0 amide bonds. The van der Waals surface area contributed by atoms with Crippen LogP contribution in [0, 0.1) is 0 Å². The summed E-state index contributed by atoms with van der Waals surface area (Å²) in [5.41, 5.74) is 2.23. The molecule has 2 rings (SSSR count). The second kappa shape index (κ2) is 4.18. The Morgan fingerprint density at radius 1 is 1.50 bits per heavy atom. The van der Waals surface area contributed by atoms with Crippen LogP contribution in [0.5, 0.6) is 0 Å². The highest BCUT2D eigenvalue weighted by Crippen LogP contribution is 2.20. The van der Waals surface area contributed by atoms with Crippen LogP contribution in [0.4, 0.5) is 0 Å². The molecule has 1 aromatic rings. The first-order valence-corrected chi connectivity index (χ1v) is 7.36. The minimum absolute atomic E-state index is 0.466. The van der Waals surface area contributed by atoms with E-state index < -0.39 is 10.0 Å². The quantitative estimate of drug-likeness (QED) is 0.765. The summed E-state index contributed by atoms with van der Waals surface area (Å²) in [6, 6.07) is 0. The molecule has 2 heterocycles. The first-order valence-electron chi connectivity index (χ1n) is 5.51. The fourth-order valence-electron chi connectivity index (χ4n) is 2.12. The van der Waals surface area contributed by atoms with Gasteiger partial charge in [0.15, 0.2) is 0 Å². The minimum Gasteiger partial charge on any atom is -0.270 e. The standard InChI is InChI=1S/C10H17N3O2S/c1-3-13-10-5-4-6-12(16(2,14)15)8-9(10)7-11-13/h7H,3-6,8H2,1-2H3. The van der Waals surface area contributed by atoms with Gasteiger partial charge in [0.05, 0.1) is 12.5 Å². The smallest absolute Gasteiger partial charge is 0.211 e. The molecule has 0 bridgehead atoms. The van der Waals surface area contributed by atoms with E-state index in [9.17, 15) is 8.42 Å². The van der Waals surface area contributed by atoms with Crippen molar-refractivity contribution in [3.63, 3.8) is 0 Å². The van der Waals surface area contributed by atoms with E-state index in [1.807, 2.05) is 11.6 Å². The Bertz CT molecular complexity index is 478. The molecular formula is C10H17N3O2S. The predicted molar refractivity (Wildman–Crippen MR) is 61.5 cm³/mol. The molecule has 0 fully saturated rings. The normalized spacial score (nSPS) is 18.1. The number of fused-ring (bicyclic) bond motifs is 1. The molecule has 0 unspecified atom stereocenters. The maximum absolute atomic E-state index is 11.5. The zero-order valence-corrected chi connectivity index (χ0v) is 10.5. The number of hydrogen-bond acceptors (Lipinski definition) is 3. The lowest BCUT2D eigenvalue weighted by Crippen LogP contribution is -2.29. The van der Waals surface area contributed by atoms with Gasteiger partial charge in [-0.15, -0.1) is 0 Å². The third-order valence-corrected chi connectivity index (χ3v) is 4.22. The topological polar surface area (TPSA) is 55.2 Å². The molecule has 16 heavy (non-hydrogen) atoms. The number of aryl methyl sites for hydroxylation is 1. The van der Waals surface area contributed by atoms with Crippen LogP contribution >= 0.6 is 0 Å². The van der Waals surface area contributed by atoms with Crippen LogP contribution in [-0.2, 0) is 29.5 Å². The average Bonchev–Trinajstić information content (AvgIpc) is 2.45. The van der Waals surface area contributed by atoms with E-state index in [4.69, 9.17) is 0 Å². The van der Waals surface area contributed by atoms with Crippen LogP contribution in [0.25, 0.3) is 0 Å². The van der Waals surface area contributed by atoms with Crippen molar-refractivity contribution in [2.24, 2.45) is 0 Å². The molecule has 1 aromatic heterocycles. The summed E-state index contributed by atoms with van der Waals surface area (Å²) in [6.07, 6.45) is 4.84. The van der Waals surface area contributed by atoms with Crippen molar-refractivity contribution in [3.8, 4) is 0 Å². The SMILES string of the molecule is CCn1ncc2c1CCCN(S(C)(=O)=O)C2. The van der Waals surface area contributed by atoms with E-state index in [0.29, 0.717) is 13.1 Å². The molecule has 0 spiro atoms. The molecule has 1 aliphatic rings. The van der Waals surface area contributed by atoms with Gasteiger partial charge in [-0.1, -0.05) is 0 Å². The highest BCUT2D eigenvalue weighted by atomic mass is 32.2. The predicted octanol–water partition coefficient (Wildman–Crippen LogP) is 0.611. The Kier molecular flexibility index (Phi) is 3.03. The van der Waals surface area contributed by atoms with Crippen LogP contribution in [0.15, 0.2) is 6.20 Å². The van der Waals surface area contributed by atoms with Gasteiger partial charge >= 0.3 is 0 Å².